The zero-order valence-electron chi connectivity index (χ0n) is 18.2. The van der Waals surface area contributed by atoms with Crippen molar-refractivity contribution in [3.05, 3.63) is 17.7 Å². The van der Waals surface area contributed by atoms with Crippen LogP contribution >= 0.6 is 0 Å². The highest BCUT2D eigenvalue weighted by atomic mass is 16.3. The summed E-state index contributed by atoms with van der Waals surface area (Å²) in [5, 5.41) is 28.4. The lowest BCUT2D eigenvalue weighted by molar-refractivity contribution is 0.367. The summed E-state index contributed by atoms with van der Waals surface area (Å²) in [7, 11) is 0. The molecule has 0 bridgehead atoms. The molecule has 0 radical (unpaired) electrons. The highest BCUT2D eigenvalue weighted by Gasteiger charge is 2.07. The van der Waals surface area contributed by atoms with Gasteiger partial charge in [-0.15, -0.1) is 0 Å². The van der Waals surface area contributed by atoms with Crippen molar-refractivity contribution < 1.29 is 15.3 Å². The zero-order valence-corrected chi connectivity index (χ0v) is 18.2. The van der Waals surface area contributed by atoms with E-state index < -0.39 is 5.75 Å². The second kappa shape index (κ2) is 16.6. The van der Waals surface area contributed by atoms with Crippen LogP contribution in [0.25, 0.3) is 0 Å². The maximum Gasteiger partial charge on any atom is 0.200 e. The number of hydrogen-bond acceptors (Lipinski definition) is 3. The first-order valence-corrected chi connectivity index (χ1v) is 11.9. The molecular weight excluding hydrogens is 348 g/mol. The first-order valence-electron chi connectivity index (χ1n) is 11.9. The van der Waals surface area contributed by atoms with E-state index in [1.165, 1.54) is 103 Å². The van der Waals surface area contributed by atoms with Crippen LogP contribution < -0.4 is 0 Å². The minimum absolute atomic E-state index is 0.234. The number of unbranched alkanes of at least 4 members (excludes halogenated alkanes) is 16. The third kappa shape index (κ3) is 12.2. The van der Waals surface area contributed by atoms with Gasteiger partial charge in [0.1, 0.15) is 0 Å². The van der Waals surface area contributed by atoms with Crippen LogP contribution in [0.15, 0.2) is 12.1 Å². The largest absolute Gasteiger partial charge is 0.504 e. The van der Waals surface area contributed by atoms with Crippen molar-refractivity contribution in [2.75, 3.05) is 0 Å². The Labute approximate surface area is 173 Å². The Morgan fingerprint density at radius 2 is 0.821 bits per heavy atom. The van der Waals surface area contributed by atoms with Gasteiger partial charge >= 0.3 is 0 Å². The molecule has 0 unspecified atom stereocenters. The second-order valence-corrected chi connectivity index (χ2v) is 8.39. The monoisotopic (exact) mass is 392 g/mol. The van der Waals surface area contributed by atoms with Crippen molar-refractivity contribution in [2.24, 2.45) is 0 Å². The maximum absolute atomic E-state index is 9.51. The number of benzene rings is 1. The standard InChI is InChI=1S/C25H44O3/c1-2-3-4-5-6-7-8-9-10-11-12-13-14-15-16-17-18-19-22-20-23(26)25(28)24(27)21-22/h20-21,26-28H,2-19H2,1H3. The van der Waals surface area contributed by atoms with E-state index in [4.69, 9.17) is 0 Å². The van der Waals surface area contributed by atoms with E-state index in [2.05, 4.69) is 6.92 Å². The fraction of sp³-hybridized carbons (Fsp3) is 0.760. The van der Waals surface area contributed by atoms with Crippen LogP contribution in [-0.2, 0) is 6.42 Å². The Balaban J connectivity index is 1.82. The molecule has 3 N–H and O–H groups in total. The summed E-state index contributed by atoms with van der Waals surface area (Å²) in [6.45, 7) is 2.28. The molecule has 0 atom stereocenters. The first-order chi connectivity index (χ1) is 13.6. The summed E-state index contributed by atoms with van der Waals surface area (Å²) < 4.78 is 0. The molecule has 162 valence electrons. The molecule has 0 spiro atoms. The molecule has 0 heterocycles. The van der Waals surface area contributed by atoms with E-state index in [0.29, 0.717) is 0 Å². The lowest BCUT2D eigenvalue weighted by atomic mass is 10.0. The van der Waals surface area contributed by atoms with Gasteiger partial charge in [0.05, 0.1) is 0 Å². The van der Waals surface area contributed by atoms with E-state index in [0.717, 1.165) is 18.4 Å². The number of hydrogen-bond donors (Lipinski definition) is 3. The highest BCUT2D eigenvalue weighted by molar-refractivity contribution is 5.51. The Morgan fingerprint density at radius 3 is 1.18 bits per heavy atom. The van der Waals surface area contributed by atoms with Crippen molar-refractivity contribution in [2.45, 2.75) is 122 Å². The van der Waals surface area contributed by atoms with Crippen molar-refractivity contribution in [3.8, 4) is 17.2 Å². The summed E-state index contributed by atoms with van der Waals surface area (Å²) >= 11 is 0. The summed E-state index contributed by atoms with van der Waals surface area (Å²) in [4.78, 5) is 0. The third-order valence-corrected chi connectivity index (χ3v) is 5.70. The zero-order chi connectivity index (χ0) is 20.5. The van der Waals surface area contributed by atoms with Gasteiger partial charge in [-0.25, -0.2) is 0 Å². The molecule has 1 aromatic rings. The number of phenolic OH excluding ortho intramolecular Hbond substituents is 3. The minimum Gasteiger partial charge on any atom is -0.504 e. The molecule has 0 saturated carbocycles. The van der Waals surface area contributed by atoms with Gasteiger partial charge in [-0.2, -0.15) is 0 Å². The molecule has 28 heavy (non-hydrogen) atoms. The predicted octanol–water partition coefficient (Wildman–Crippen LogP) is 8.00. The van der Waals surface area contributed by atoms with E-state index in [1.807, 2.05) is 0 Å². The van der Waals surface area contributed by atoms with E-state index in [9.17, 15) is 15.3 Å². The van der Waals surface area contributed by atoms with Crippen LogP contribution in [0.2, 0.25) is 0 Å². The molecule has 0 aliphatic heterocycles. The smallest absolute Gasteiger partial charge is 0.200 e. The lowest BCUT2D eigenvalue weighted by Crippen LogP contribution is -1.87. The first kappa shape index (κ1) is 24.7. The minimum atomic E-state index is -0.425. The molecular formula is C25H44O3. The second-order valence-electron chi connectivity index (χ2n) is 8.39. The molecule has 0 amide bonds. The highest BCUT2D eigenvalue weighted by Crippen LogP contribution is 2.35. The van der Waals surface area contributed by atoms with Gasteiger partial charge in [-0.05, 0) is 30.5 Å². The van der Waals surface area contributed by atoms with Crippen molar-refractivity contribution in [3.63, 3.8) is 0 Å². The molecule has 0 aliphatic rings. The van der Waals surface area contributed by atoms with Crippen LogP contribution in [0.3, 0.4) is 0 Å². The van der Waals surface area contributed by atoms with Crippen molar-refractivity contribution in [1.82, 2.24) is 0 Å². The number of rotatable bonds is 18. The van der Waals surface area contributed by atoms with Crippen LogP contribution in [0.5, 0.6) is 17.2 Å². The quantitative estimate of drug-likeness (QED) is 0.175. The Kier molecular flexibility index (Phi) is 14.6. The Bertz CT molecular complexity index is 476. The molecule has 3 heteroatoms. The summed E-state index contributed by atoms with van der Waals surface area (Å²) in [6.07, 6.45) is 23.9. The van der Waals surface area contributed by atoms with Gasteiger partial charge in [-0.3, -0.25) is 0 Å². The number of aryl methyl sites for hydroxylation is 1. The van der Waals surface area contributed by atoms with Crippen LogP contribution in [0.4, 0.5) is 0 Å². The van der Waals surface area contributed by atoms with E-state index in [-0.39, 0.29) is 11.5 Å². The van der Waals surface area contributed by atoms with Crippen molar-refractivity contribution >= 4 is 0 Å². The fourth-order valence-electron chi connectivity index (χ4n) is 3.86. The van der Waals surface area contributed by atoms with Gasteiger partial charge < -0.3 is 15.3 Å². The van der Waals surface area contributed by atoms with Gasteiger partial charge in [-0.1, -0.05) is 110 Å². The maximum atomic E-state index is 9.51. The van der Waals surface area contributed by atoms with Gasteiger partial charge in [0, 0.05) is 0 Å². The molecule has 1 rings (SSSR count). The van der Waals surface area contributed by atoms with Crippen LogP contribution in [-0.4, -0.2) is 15.3 Å². The summed E-state index contributed by atoms with van der Waals surface area (Å²) in [6, 6.07) is 3.09. The van der Waals surface area contributed by atoms with Gasteiger partial charge in [0.25, 0.3) is 0 Å². The fourth-order valence-corrected chi connectivity index (χ4v) is 3.86. The van der Waals surface area contributed by atoms with E-state index >= 15 is 0 Å². The third-order valence-electron chi connectivity index (χ3n) is 5.70. The normalized spacial score (nSPS) is 11.2. The molecule has 0 aliphatic carbocycles. The van der Waals surface area contributed by atoms with Gasteiger partial charge in [0.2, 0.25) is 0 Å². The Hall–Kier alpha value is -1.38. The van der Waals surface area contributed by atoms with E-state index in [1.54, 1.807) is 12.1 Å². The van der Waals surface area contributed by atoms with Crippen LogP contribution in [0.1, 0.15) is 122 Å². The topological polar surface area (TPSA) is 60.7 Å². The predicted molar refractivity (Wildman–Crippen MR) is 119 cm³/mol. The van der Waals surface area contributed by atoms with Crippen LogP contribution in [0, 0.1) is 0 Å². The summed E-state index contributed by atoms with van der Waals surface area (Å²) in [5.74, 6) is -0.893. The van der Waals surface area contributed by atoms with Gasteiger partial charge in [0.15, 0.2) is 17.2 Å². The number of aromatic hydroxyl groups is 3. The summed E-state index contributed by atoms with van der Waals surface area (Å²) in [5.41, 5.74) is 0.883. The number of phenols is 3. The average Bonchev–Trinajstić information content (AvgIpc) is 2.68. The molecule has 0 saturated heterocycles. The lowest BCUT2D eigenvalue weighted by Gasteiger charge is -2.06. The molecule has 0 fully saturated rings. The average molecular weight is 393 g/mol. The SMILES string of the molecule is CCCCCCCCCCCCCCCCCCCc1cc(O)c(O)c(O)c1. The Morgan fingerprint density at radius 1 is 0.500 bits per heavy atom. The molecule has 0 aromatic heterocycles. The molecule has 1 aromatic carbocycles. The molecule has 3 nitrogen and oxygen atoms in total. The van der Waals surface area contributed by atoms with Crippen molar-refractivity contribution in [1.29, 1.82) is 0 Å².